The molecule has 0 aliphatic heterocycles. The van der Waals surface area contributed by atoms with Crippen molar-refractivity contribution in [2.45, 2.75) is 51.5 Å². The summed E-state index contributed by atoms with van der Waals surface area (Å²) in [6.07, 6.45) is 1.40. The Kier molecular flexibility index (Phi) is 5.74. The predicted molar refractivity (Wildman–Crippen MR) is 78.6 cm³/mol. The first-order valence-corrected chi connectivity index (χ1v) is 6.94. The summed E-state index contributed by atoms with van der Waals surface area (Å²) in [6.45, 7) is 5.92. The fourth-order valence-electron chi connectivity index (χ4n) is 2.06. The van der Waals surface area contributed by atoms with E-state index in [1.54, 1.807) is 6.92 Å². The quantitative estimate of drug-likeness (QED) is 0.805. The Morgan fingerprint density at radius 3 is 2.35 bits per heavy atom. The summed E-state index contributed by atoms with van der Waals surface area (Å²) in [5, 5.41) is 11.5. The molecule has 4 heteroatoms. The van der Waals surface area contributed by atoms with Crippen molar-refractivity contribution < 1.29 is 14.7 Å². The fourth-order valence-corrected chi connectivity index (χ4v) is 2.06. The molecule has 0 heterocycles. The van der Waals surface area contributed by atoms with Crippen LogP contribution in [0.2, 0.25) is 0 Å². The second kappa shape index (κ2) is 7.08. The van der Waals surface area contributed by atoms with Gasteiger partial charge in [-0.3, -0.25) is 4.79 Å². The average molecular weight is 277 g/mol. The Morgan fingerprint density at radius 2 is 1.85 bits per heavy atom. The van der Waals surface area contributed by atoms with Crippen molar-refractivity contribution in [1.82, 2.24) is 5.32 Å². The number of carboxylic acid groups (broad SMARTS) is 1. The van der Waals surface area contributed by atoms with Gasteiger partial charge in [-0.2, -0.15) is 0 Å². The molecule has 20 heavy (non-hydrogen) atoms. The van der Waals surface area contributed by atoms with Crippen LogP contribution < -0.4 is 5.32 Å². The first-order chi connectivity index (χ1) is 9.36. The van der Waals surface area contributed by atoms with Gasteiger partial charge in [0.2, 0.25) is 5.91 Å². The molecule has 1 amide bonds. The molecule has 0 aliphatic rings. The van der Waals surface area contributed by atoms with Gasteiger partial charge in [0.15, 0.2) is 0 Å². The molecule has 0 saturated heterocycles. The zero-order valence-electron chi connectivity index (χ0n) is 12.3. The van der Waals surface area contributed by atoms with E-state index in [0.29, 0.717) is 19.3 Å². The van der Waals surface area contributed by atoms with E-state index in [-0.39, 0.29) is 11.3 Å². The lowest BCUT2D eigenvalue weighted by molar-refractivity contribution is -0.141. The van der Waals surface area contributed by atoms with Gasteiger partial charge in [0.1, 0.15) is 6.04 Å². The van der Waals surface area contributed by atoms with Crippen LogP contribution in [0.4, 0.5) is 0 Å². The molecule has 4 nitrogen and oxygen atoms in total. The van der Waals surface area contributed by atoms with Gasteiger partial charge in [-0.25, -0.2) is 4.79 Å². The molecular formula is C16H23NO3. The maximum absolute atomic E-state index is 11.8. The lowest BCUT2D eigenvalue weighted by Crippen LogP contribution is -2.40. The standard InChI is InChI=1S/C16H23NO3/c1-4-13(15(19)20)17-14(18)10-11-16(2,3)12-8-6-5-7-9-12/h5-9,13H,4,10-11H2,1-3H3,(H,17,18)(H,19,20). The van der Waals surface area contributed by atoms with Crippen molar-refractivity contribution in [3.05, 3.63) is 35.9 Å². The number of hydrogen-bond acceptors (Lipinski definition) is 2. The number of carbonyl (C=O) groups excluding carboxylic acids is 1. The van der Waals surface area contributed by atoms with E-state index in [0.717, 1.165) is 0 Å². The third-order valence-corrected chi connectivity index (χ3v) is 3.57. The van der Waals surface area contributed by atoms with Crippen molar-refractivity contribution in [2.24, 2.45) is 0 Å². The molecule has 1 rings (SSSR count). The number of aliphatic carboxylic acids is 1. The van der Waals surface area contributed by atoms with E-state index >= 15 is 0 Å². The zero-order valence-corrected chi connectivity index (χ0v) is 12.3. The molecule has 0 aromatic heterocycles. The van der Waals surface area contributed by atoms with Crippen LogP contribution in [-0.2, 0) is 15.0 Å². The fraction of sp³-hybridized carbons (Fsp3) is 0.500. The predicted octanol–water partition coefficient (Wildman–Crippen LogP) is 2.72. The van der Waals surface area contributed by atoms with Gasteiger partial charge >= 0.3 is 5.97 Å². The summed E-state index contributed by atoms with van der Waals surface area (Å²) >= 11 is 0. The van der Waals surface area contributed by atoms with Gasteiger partial charge in [0.25, 0.3) is 0 Å². The number of amides is 1. The number of rotatable bonds is 7. The largest absolute Gasteiger partial charge is 0.480 e. The second-order valence-corrected chi connectivity index (χ2v) is 5.62. The van der Waals surface area contributed by atoms with E-state index in [4.69, 9.17) is 5.11 Å². The summed E-state index contributed by atoms with van der Waals surface area (Å²) in [6, 6.07) is 9.23. The zero-order chi connectivity index (χ0) is 15.2. The Bertz CT molecular complexity index is 454. The number of benzene rings is 1. The van der Waals surface area contributed by atoms with Gasteiger partial charge in [-0.1, -0.05) is 51.1 Å². The topological polar surface area (TPSA) is 66.4 Å². The highest BCUT2D eigenvalue weighted by atomic mass is 16.4. The molecule has 0 spiro atoms. The highest BCUT2D eigenvalue weighted by molar-refractivity contribution is 5.83. The van der Waals surface area contributed by atoms with E-state index < -0.39 is 12.0 Å². The number of nitrogens with one attached hydrogen (secondary N) is 1. The molecule has 1 unspecified atom stereocenters. The minimum Gasteiger partial charge on any atom is -0.480 e. The smallest absolute Gasteiger partial charge is 0.326 e. The SMILES string of the molecule is CCC(NC(=O)CCC(C)(C)c1ccccc1)C(=O)O. The maximum Gasteiger partial charge on any atom is 0.326 e. The molecule has 1 atom stereocenters. The van der Waals surface area contributed by atoms with Gasteiger partial charge in [0.05, 0.1) is 0 Å². The third kappa shape index (κ3) is 4.68. The van der Waals surface area contributed by atoms with E-state index in [9.17, 15) is 9.59 Å². The molecule has 0 radical (unpaired) electrons. The van der Waals surface area contributed by atoms with Crippen LogP contribution in [0, 0.1) is 0 Å². The first kappa shape index (κ1) is 16.2. The van der Waals surface area contributed by atoms with Crippen molar-refractivity contribution in [3.63, 3.8) is 0 Å². The van der Waals surface area contributed by atoms with Crippen molar-refractivity contribution >= 4 is 11.9 Å². The summed E-state index contributed by atoms with van der Waals surface area (Å²) in [4.78, 5) is 22.7. The van der Waals surface area contributed by atoms with Crippen molar-refractivity contribution in [1.29, 1.82) is 0 Å². The van der Waals surface area contributed by atoms with Crippen LogP contribution >= 0.6 is 0 Å². The van der Waals surface area contributed by atoms with Gasteiger partial charge in [0, 0.05) is 6.42 Å². The molecule has 110 valence electrons. The minimum absolute atomic E-state index is 0.108. The summed E-state index contributed by atoms with van der Waals surface area (Å²) in [7, 11) is 0. The third-order valence-electron chi connectivity index (χ3n) is 3.57. The Morgan fingerprint density at radius 1 is 1.25 bits per heavy atom. The summed E-state index contributed by atoms with van der Waals surface area (Å²) in [5.41, 5.74) is 1.07. The monoisotopic (exact) mass is 277 g/mol. The Balaban J connectivity index is 2.54. The van der Waals surface area contributed by atoms with Crippen molar-refractivity contribution in [2.75, 3.05) is 0 Å². The normalized spacial score (nSPS) is 12.8. The molecule has 2 N–H and O–H groups in total. The molecule has 0 saturated carbocycles. The van der Waals surface area contributed by atoms with E-state index in [1.807, 2.05) is 30.3 Å². The van der Waals surface area contributed by atoms with Crippen LogP contribution in [0.25, 0.3) is 0 Å². The maximum atomic E-state index is 11.8. The number of carbonyl (C=O) groups is 2. The molecule has 1 aromatic carbocycles. The first-order valence-electron chi connectivity index (χ1n) is 6.94. The van der Waals surface area contributed by atoms with E-state index in [1.165, 1.54) is 5.56 Å². The van der Waals surface area contributed by atoms with Crippen LogP contribution in [0.5, 0.6) is 0 Å². The number of hydrogen-bond donors (Lipinski definition) is 2. The molecule has 0 bridgehead atoms. The van der Waals surface area contributed by atoms with Gasteiger partial charge in [-0.05, 0) is 23.8 Å². The lowest BCUT2D eigenvalue weighted by atomic mass is 9.80. The van der Waals surface area contributed by atoms with Crippen LogP contribution in [-0.4, -0.2) is 23.0 Å². The summed E-state index contributed by atoms with van der Waals surface area (Å²) in [5.74, 6) is -1.19. The Labute approximate surface area is 120 Å². The molecule has 1 aromatic rings. The lowest BCUT2D eigenvalue weighted by Gasteiger charge is -2.25. The van der Waals surface area contributed by atoms with Crippen LogP contribution in [0.3, 0.4) is 0 Å². The highest BCUT2D eigenvalue weighted by Crippen LogP contribution is 2.27. The van der Waals surface area contributed by atoms with Crippen molar-refractivity contribution in [3.8, 4) is 0 Å². The van der Waals surface area contributed by atoms with Crippen LogP contribution in [0.1, 0.15) is 45.6 Å². The van der Waals surface area contributed by atoms with Gasteiger partial charge < -0.3 is 10.4 Å². The van der Waals surface area contributed by atoms with E-state index in [2.05, 4.69) is 19.2 Å². The van der Waals surface area contributed by atoms with Gasteiger partial charge in [-0.15, -0.1) is 0 Å². The minimum atomic E-state index is -0.983. The molecule has 0 aliphatic carbocycles. The number of carboxylic acids is 1. The Hall–Kier alpha value is -1.84. The molecular weight excluding hydrogens is 254 g/mol. The molecule has 0 fully saturated rings. The highest BCUT2D eigenvalue weighted by Gasteiger charge is 2.23. The second-order valence-electron chi connectivity index (χ2n) is 5.62. The summed E-state index contributed by atoms with van der Waals surface area (Å²) < 4.78 is 0. The van der Waals surface area contributed by atoms with Crippen LogP contribution in [0.15, 0.2) is 30.3 Å². The average Bonchev–Trinajstić information content (AvgIpc) is 2.43.